The van der Waals surface area contributed by atoms with Crippen LogP contribution in [-0.4, -0.2) is 23.8 Å². The number of hydrogen-bond acceptors (Lipinski definition) is 3. The van der Waals surface area contributed by atoms with Crippen molar-refractivity contribution in [2.75, 3.05) is 6.61 Å². The zero-order chi connectivity index (χ0) is 11.0. The number of rotatable bonds is 6. The summed E-state index contributed by atoms with van der Waals surface area (Å²) in [6.45, 7) is 5.85. The first-order valence-corrected chi connectivity index (χ1v) is 5.09. The minimum Gasteiger partial charge on any atom is -0.462 e. The third-order valence-electron chi connectivity index (χ3n) is 2.14. The summed E-state index contributed by atoms with van der Waals surface area (Å²) in [5, 5.41) is 9.23. The molecule has 0 saturated carbocycles. The van der Waals surface area contributed by atoms with E-state index >= 15 is 0 Å². The number of allylic oxidation sites excluding steroid dienone is 1. The molecule has 0 saturated heterocycles. The summed E-state index contributed by atoms with van der Waals surface area (Å²) in [7, 11) is 0. The molecule has 0 radical (unpaired) electrons. The first-order valence-electron chi connectivity index (χ1n) is 5.09. The Balaban J connectivity index is 3.50. The Kier molecular flexibility index (Phi) is 7.11. The molecule has 0 rings (SSSR count). The van der Waals surface area contributed by atoms with Gasteiger partial charge in [-0.2, -0.15) is 0 Å². The van der Waals surface area contributed by atoms with Crippen molar-refractivity contribution in [3.63, 3.8) is 0 Å². The topological polar surface area (TPSA) is 46.5 Å². The van der Waals surface area contributed by atoms with Crippen LogP contribution >= 0.6 is 0 Å². The SMILES string of the molecule is C/C=C(\C)C(=O)OCCCC(O)CC. The van der Waals surface area contributed by atoms with Crippen LogP contribution in [0.1, 0.15) is 40.0 Å². The number of ether oxygens (including phenoxy) is 1. The summed E-state index contributed by atoms with van der Waals surface area (Å²) < 4.78 is 4.97. The number of carbonyl (C=O) groups excluding carboxylic acids is 1. The lowest BCUT2D eigenvalue weighted by molar-refractivity contribution is -0.139. The van der Waals surface area contributed by atoms with Gasteiger partial charge in [-0.15, -0.1) is 0 Å². The minimum absolute atomic E-state index is 0.265. The first-order chi connectivity index (χ1) is 6.61. The third-order valence-corrected chi connectivity index (χ3v) is 2.14. The lowest BCUT2D eigenvalue weighted by atomic mass is 10.1. The second kappa shape index (κ2) is 7.56. The van der Waals surface area contributed by atoms with Gasteiger partial charge in [0.15, 0.2) is 0 Å². The monoisotopic (exact) mass is 200 g/mol. The minimum atomic E-state index is -0.267. The van der Waals surface area contributed by atoms with Crippen LogP contribution < -0.4 is 0 Å². The summed E-state index contributed by atoms with van der Waals surface area (Å²) in [6, 6.07) is 0. The van der Waals surface area contributed by atoms with E-state index < -0.39 is 0 Å². The van der Waals surface area contributed by atoms with Crippen molar-refractivity contribution in [1.29, 1.82) is 0 Å². The van der Waals surface area contributed by atoms with E-state index in [1.807, 2.05) is 6.92 Å². The third kappa shape index (κ3) is 5.75. The molecule has 0 aliphatic rings. The van der Waals surface area contributed by atoms with E-state index in [4.69, 9.17) is 4.74 Å². The Morgan fingerprint density at radius 3 is 2.71 bits per heavy atom. The highest BCUT2D eigenvalue weighted by Crippen LogP contribution is 2.02. The van der Waals surface area contributed by atoms with Crippen molar-refractivity contribution in [3.05, 3.63) is 11.6 Å². The average Bonchev–Trinajstić information content (AvgIpc) is 2.22. The highest BCUT2D eigenvalue weighted by atomic mass is 16.5. The maximum atomic E-state index is 11.1. The maximum Gasteiger partial charge on any atom is 0.333 e. The van der Waals surface area contributed by atoms with Crippen LogP contribution in [0.4, 0.5) is 0 Å². The van der Waals surface area contributed by atoms with Crippen molar-refractivity contribution >= 4 is 5.97 Å². The summed E-state index contributed by atoms with van der Waals surface area (Å²) in [5.74, 6) is -0.265. The molecule has 0 aliphatic carbocycles. The van der Waals surface area contributed by atoms with E-state index in [-0.39, 0.29) is 12.1 Å². The molecule has 0 bridgehead atoms. The van der Waals surface area contributed by atoms with Gasteiger partial charge in [-0.05, 0) is 33.1 Å². The molecule has 3 nitrogen and oxygen atoms in total. The van der Waals surface area contributed by atoms with Gasteiger partial charge >= 0.3 is 5.97 Å². The summed E-state index contributed by atoms with van der Waals surface area (Å²) in [6.07, 6.45) is 3.62. The second-order valence-corrected chi connectivity index (χ2v) is 3.31. The van der Waals surface area contributed by atoms with E-state index in [0.717, 1.165) is 12.8 Å². The molecule has 82 valence electrons. The number of hydrogen-bond donors (Lipinski definition) is 1. The van der Waals surface area contributed by atoms with E-state index in [1.54, 1.807) is 19.9 Å². The molecule has 0 spiro atoms. The molecule has 0 aromatic rings. The summed E-state index contributed by atoms with van der Waals surface area (Å²) in [5.41, 5.74) is 0.626. The van der Waals surface area contributed by atoms with Crippen LogP contribution in [0, 0.1) is 0 Å². The molecular weight excluding hydrogens is 180 g/mol. The van der Waals surface area contributed by atoms with E-state index in [9.17, 15) is 9.90 Å². The first kappa shape index (κ1) is 13.2. The fourth-order valence-electron chi connectivity index (χ4n) is 0.920. The Morgan fingerprint density at radius 1 is 1.57 bits per heavy atom. The molecule has 0 heterocycles. The van der Waals surface area contributed by atoms with Gasteiger partial charge < -0.3 is 9.84 Å². The molecular formula is C11H20O3. The maximum absolute atomic E-state index is 11.1. The highest BCUT2D eigenvalue weighted by molar-refractivity contribution is 5.87. The number of aliphatic hydroxyl groups excluding tert-OH is 1. The lowest BCUT2D eigenvalue weighted by Gasteiger charge is -2.07. The Labute approximate surface area is 85.8 Å². The molecule has 0 amide bonds. The molecule has 0 fully saturated rings. The van der Waals surface area contributed by atoms with Crippen LogP contribution in [0.25, 0.3) is 0 Å². The van der Waals surface area contributed by atoms with Gasteiger partial charge in [0.2, 0.25) is 0 Å². The van der Waals surface area contributed by atoms with Gasteiger partial charge in [0.25, 0.3) is 0 Å². The molecule has 3 heteroatoms. The van der Waals surface area contributed by atoms with E-state index in [2.05, 4.69) is 0 Å². The van der Waals surface area contributed by atoms with Gasteiger partial charge in [0, 0.05) is 5.57 Å². The van der Waals surface area contributed by atoms with Crippen LogP contribution in [0.5, 0.6) is 0 Å². The van der Waals surface area contributed by atoms with Crippen LogP contribution in [-0.2, 0) is 9.53 Å². The zero-order valence-corrected chi connectivity index (χ0v) is 9.25. The largest absolute Gasteiger partial charge is 0.462 e. The smallest absolute Gasteiger partial charge is 0.333 e. The van der Waals surface area contributed by atoms with Gasteiger partial charge in [0.1, 0.15) is 0 Å². The van der Waals surface area contributed by atoms with Crippen LogP contribution in [0.3, 0.4) is 0 Å². The van der Waals surface area contributed by atoms with Gasteiger partial charge in [-0.1, -0.05) is 13.0 Å². The molecule has 14 heavy (non-hydrogen) atoms. The predicted octanol–water partition coefficient (Wildman–Crippen LogP) is 2.05. The number of aliphatic hydroxyl groups is 1. The predicted molar refractivity (Wildman–Crippen MR) is 55.9 cm³/mol. The molecule has 0 aromatic carbocycles. The van der Waals surface area contributed by atoms with E-state index in [1.165, 1.54) is 0 Å². The second-order valence-electron chi connectivity index (χ2n) is 3.31. The Morgan fingerprint density at radius 2 is 2.21 bits per heavy atom. The molecule has 0 aliphatic heterocycles. The molecule has 0 aromatic heterocycles. The van der Waals surface area contributed by atoms with Gasteiger partial charge in [-0.3, -0.25) is 0 Å². The van der Waals surface area contributed by atoms with Gasteiger partial charge in [0.05, 0.1) is 12.7 Å². The lowest BCUT2D eigenvalue weighted by Crippen LogP contribution is -2.10. The standard InChI is InChI=1S/C11H20O3/c1-4-9(3)11(13)14-8-6-7-10(12)5-2/h4,10,12H,5-8H2,1-3H3/b9-4+. The van der Waals surface area contributed by atoms with Crippen LogP contribution in [0.15, 0.2) is 11.6 Å². The molecule has 1 atom stereocenters. The van der Waals surface area contributed by atoms with Crippen molar-refractivity contribution in [1.82, 2.24) is 0 Å². The van der Waals surface area contributed by atoms with Crippen LogP contribution in [0.2, 0.25) is 0 Å². The zero-order valence-electron chi connectivity index (χ0n) is 9.25. The van der Waals surface area contributed by atoms with Crippen molar-refractivity contribution in [3.8, 4) is 0 Å². The van der Waals surface area contributed by atoms with Crippen molar-refractivity contribution in [2.24, 2.45) is 0 Å². The van der Waals surface area contributed by atoms with Gasteiger partial charge in [-0.25, -0.2) is 4.79 Å². The average molecular weight is 200 g/mol. The normalized spacial score (nSPS) is 13.9. The number of carbonyl (C=O) groups is 1. The van der Waals surface area contributed by atoms with Crippen molar-refractivity contribution < 1.29 is 14.6 Å². The molecule has 1 unspecified atom stereocenters. The van der Waals surface area contributed by atoms with Crippen molar-refractivity contribution in [2.45, 2.75) is 46.1 Å². The van der Waals surface area contributed by atoms with E-state index in [0.29, 0.717) is 18.6 Å². The summed E-state index contributed by atoms with van der Waals surface area (Å²) in [4.78, 5) is 11.1. The number of esters is 1. The Hall–Kier alpha value is -0.830. The molecule has 1 N–H and O–H groups in total. The quantitative estimate of drug-likeness (QED) is 0.405. The fourth-order valence-corrected chi connectivity index (χ4v) is 0.920. The Bertz CT molecular complexity index is 197. The fraction of sp³-hybridized carbons (Fsp3) is 0.727. The highest BCUT2D eigenvalue weighted by Gasteiger charge is 2.05. The summed E-state index contributed by atoms with van der Waals surface area (Å²) >= 11 is 0.